The van der Waals surface area contributed by atoms with Crippen molar-refractivity contribution in [1.82, 2.24) is 10.6 Å². The van der Waals surface area contributed by atoms with Crippen molar-refractivity contribution in [2.24, 2.45) is 0 Å². The molecular weight excluding hydrogens is 362 g/mol. The lowest BCUT2D eigenvalue weighted by Crippen LogP contribution is -2.42. The Morgan fingerprint density at radius 1 is 1.04 bits per heavy atom. The molecule has 3 N–H and O–H groups in total. The van der Waals surface area contributed by atoms with E-state index in [1.54, 1.807) is 36.4 Å². The maximum absolute atomic E-state index is 12.3. The van der Waals surface area contributed by atoms with Crippen LogP contribution in [0.1, 0.15) is 56.1 Å². The summed E-state index contributed by atoms with van der Waals surface area (Å²) in [6, 6.07) is 13.6. The molecule has 0 aliphatic heterocycles. The van der Waals surface area contributed by atoms with E-state index in [2.05, 4.69) is 16.0 Å². The van der Waals surface area contributed by atoms with Crippen LogP contribution in [0.2, 0.25) is 5.02 Å². The maximum Gasteiger partial charge on any atom is 0.319 e. The first kappa shape index (κ1) is 20.8. The Labute approximate surface area is 165 Å². The van der Waals surface area contributed by atoms with Gasteiger partial charge in [0.05, 0.1) is 6.04 Å². The molecule has 0 heterocycles. The highest BCUT2D eigenvalue weighted by Crippen LogP contribution is 2.17. The van der Waals surface area contributed by atoms with E-state index in [0.717, 1.165) is 12.0 Å². The molecule has 0 bridgehead atoms. The molecule has 0 radical (unpaired) electrons. The molecule has 1 unspecified atom stereocenters. The number of anilines is 1. The smallest absolute Gasteiger partial charge is 0.319 e. The molecule has 27 heavy (non-hydrogen) atoms. The first-order chi connectivity index (χ1) is 12.7. The summed E-state index contributed by atoms with van der Waals surface area (Å²) in [6.07, 6.45) is 0.838. The molecule has 0 saturated heterocycles. The molecule has 0 aliphatic rings. The van der Waals surface area contributed by atoms with E-state index < -0.39 is 0 Å². The summed E-state index contributed by atoms with van der Waals surface area (Å²) in [7, 11) is 0. The molecule has 3 amide bonds. The number of nitrogens with one attached hydrogen (secondary N) is 3. The van der Waals surface area contributed by atoms with Gasteiger partial charge in [0.15, 0.2) is 0 Å². The number of amides is 3. The normalized spacial score (nSPS) is 12.2. The fourth-order valence-corrected chi connectivity index (χ4v) is 2.50. The Morgan fingerprint density at radius 3 is 2.19 bits per heavy atom. The van der Waals surface area contributed by atoms with E-state index in [1.165, 1.54) is 0 Å². The van der Waals surface area contributed by atoms with Crippen LogP contribution >= 0.6 is 11.6 Å². The van der Waals surface area contributed by atoms with Crippen LogP contribution in [0.4, 0.5) is 10.5 Å². The second-order valence-electron chi connectivity index (χ2n) is 7.14. The van der Waals surface area contributed by atoms with Crippen LogP contribution in [0.5, 0.6) is 0 Å². The van der Waals surface area contributed by atoms with E-state index in [-0.39, 0.29) is 23.5 Å². The van der Waals surface area contributed by atoms with Crippen LogP contribution in [0.3, 0.4) is 0 Å². The molecule has 2 rings (SSSR count). The van der Waals surface area contributed by atoms with Gasteiger partial charge in [-0.25, -0.2) is 4.79 Å². The number of carbonyl (C=O) groups excluding carboxylic acids is 2. The SMILES string of the molecule is CCC(C)(C)NC(=O)c1ccc(NC(=O)NC(C)c2ccc(Cl)cc2)cc1. The number of carbonyl (C=O) groups is 2. The minimum absolute atomic E-state index is 0.130. The third-order valence-corrected chi connectivity index (χ3v) is 4.71. The third-order valence-electron chi connectivity index (χ3n) is 4.46. The Kier molecular flexibility index (Phi) is 6.86. The standard InChI is InChI=1S/C21H26ClN3O2/c1-5-21(3,4)25-19(26)16-8-12-18(13-9-16)24-20(27)23-14(2)15-6-10-17(22)11-7-15/h6-14H,5H2,1-4H3,(H,25,26)(H2,23,24,27). The van der Waals surface area contributed by atoms with Crippen LogP contribution in [-0.4, -0.2) is 17.5 Å². The number of benzene rings is 2. The molecule has 144 valence electrons. The first-order valence-corrected chi connectivity index (χ1v) is 9.33. The molecule has 0 fully saturated rings. The molecule has 5 nitrogen and oxygen atoms in total. The molecule has 0 spiro atoms. The number of halogens is 1. The summed E-state index contributed by atoms with van der Waals surface area (Å²) < 4.78 is 0. The average molecular weight is 388 g/mol. The fraction of sp³-hybridized carbons (Fsp3) is 0.333. The van der Waals surface area contributed by atoms with Gasteiger partial charge in [-0.2, -0.15) is 0 Å². The van der Waals surface area contributed by atoms with Crippen LogP contribution < -0.4 is 16.0 Å². The summed E-state index contributed by atoms with van der Waals surface area (Å²) in [5.74, 6) is -0.130. The molecule has 6 heteroatoms. The van der Waals surface area contributed by atoms with Crippen molar-refractivity contribution in [3.8, 4) is 0 Å². The molecule has 1 atom stereocenters. The summed E-state index contributed by atoms with van der Waals surface area (Å²) in [5.41, 5.74) is 1.87. The van der Waals surface area contributed by atoms with Crippen molar-refractivity contribution in [2.45, 2.75) is 45.7 Å². The van der Waals surface area contributed by atoms with Crippen LogP contribution in [0.15, 0.2) is 48.5 Å². The second kappa shape index (κ2) is 8.91. The molecule has 0 aliphatic carbocycles. The van der Waals surface area contributed by atoms with Crippen LogP contribution in [0.25, 0.3) is 0 Å². The highest BCUT2D eigenvalue weighted by molar-refractivity contribution is 6.30. The lowest BCUT2D eigenvalue weighted by Gasteiger charge is -2.24. The van der Waals surface area contributed by atoms with Gasteiger partial charge in [-0.05, 0) is 69.2 Å². The van der Waals surface area contributed by atoms with Crippen molar-refractivity contribution >= 4 is 29.2 Å². The summed E-state index contributed by atoms with van der Waals surface area (Å²) >= 11 is 5.88. The largest absolute Gasteiger partial charge is 0.347 e. The van der Waals surface area contributed by atoms with E-state index >= 15 is 0 Å². The quantitative estimate of drug-likeness (QED) is 0.642. The van der Waals surface area contributed by atoms with Gasteiger partial charge in [0.1, 0.15) is 0 Å². The zero-order valence-corrected chi connectivity index (χ0v) is 16.9. The highest BCUT2D eigenvalue weighted by Gasteiger charge is 2.18. The van der Waals surface area contributed by atoms with Crippen molar-refractivity contribution in [2.75, 3.05) is 5.32 Å². The van der Waals surface area contributed by atoms with Gasteiger partial charge in [0.2, 0.25) is 0 Å². The minimum atomic E-state index is -0.318. The lowest BCUT2D eigenvalue weighted by molar-refractivity contribution is 0.0911. The van der Waals surface area contributed by atoms with Gasteiger partial charge in [0, 0.05) is 21.8 Å². The van der Waals surface area contributed by atoms with Crippen LogP contribution in [0, 0.1) is 0 Å². The van der Waals surface area contributed by atoms with Gasteiger partial charge in [-0.1, -0.05) is 30.7 Å². The minimum Gasteiger partial charge on any atom is -0.347 e. The Bertz CT molecular complexity index is 786. The number of hydrogen-bond donors (Lipinski definition) is 3. The van der Waals surface area contributed by atoms with E-state index in [4.69, 9.17) is 11.6 Å². The van der Waals surface area contributed by atoms with Crippen molar-refractivity contribution < 1.29 is 9.59 Å². The maximum atomic E-state index is 12.3. The van der Waals surface area contributed by atoms with Crippen molar-refractivity contribution in [3.05, 3.63) is 64.7 Å². The summed E-state index contributed by atoms with van der Waals surface area (Å²) in [5, 5.41) is 9.28. The average Bonchev–Trinajstić information content (AvgIpc) is 2.62. The molecule has 2 aromatic rings. The summed E-state index contributed by atoms with van der Waals surface area (Å²) in [4.78, 5) is 24.4. The lowest BCUT2D eigenvalue weighted by atomic mass is 10.0. The number of hydrogen-bond acceptors (Lipinski definition) is 2. The molecule has 0 aromatic heterocycles. The fourth-order valence-electron chi connectivity index (χ4n) is 2.37. The van der Waals surface area contributed by atoms with E-state index in [9.17, 15) is 9.59 Å². The predicted molar refractivity (Wildman–Crippen MR) is 110 cm³/mol. The zero-order valence-electron chi connectivity index (χ0n) is 16.1. The van der Waals surface area contributed by atoms with Gasteiger partial charge in [-0.3, -0.25) is 4.79 Å². The predicted octanol–water partition coefficient (Wildman–Crippen LogP) is 5.14. The Morgan fingerprint density at radius 2 is 1.63 bits per heavy atom. The van der Waals surface area contributed by atoms with Gasteiger partial charge in [-0.15, -0.1) is 0 Å². The Balaban J connectivity index is 1.92. The number of urea groups is 1. The van der Waals surface area contributed by atoms with Crippen molar-refractivity contribution in [3.63, 3.8) is 0 Å². The van der Waals surface area contributed by atoms with E-state index in [1.807, 2.05) is 39.8 Å². The number of rotatable bonds is 6. The molecular formula is C21H26ClN3O2. The Hall–Kier alpha value is -2.53. The molecule has 2 aromatic carbocycles. The second-order valence-corrected chi connectivity index (χ2v) is 7.58. The summed E-state index contributed by atoms with van der Waals surface area (Å²) in [6.45, 7) is 7.88. The van der Waals surface area contributed by atoms with Crippen molar-refractivity contribution in [1.29, 1.82) is 0 Å². The third kappa shape index (κ3) is 6.29. The zero-order chi connectivity index (χ0) is 20.0. The highest BCUT2D eigenvalue weighted by atomic mass is 35.5. The molecule has 0 saturated carbocycles. The van der Waals surface area contributed by atoms with Crippen LogP contribution in [-0.2, 0) is 0 Å². The van der Waals surface area contributed by atoms with Gasteiger partial charge < -0.3 is 16.0 Å². The van der Waals surface area contributed by atoms with Gasteiger partial charge >= 0.3 is 6.03 Å². The monoisotopic (exact) mass is 387 g/mol. The van der Waals surface area contributed by atoms with E-state index in [0.29, 0.717) is 16.3 Å². The first-order valence-electron chi connectivity index (χ1n) is 8.96. The topological polar surface area (TPSA) is 70.2 Å². The van der Waals surface area contributed by atoms with Gasteiger partial charge in [0.25, 0.3) is 5.91 Å².